The molecular weight excluding hydrogens is 309 g/mol. The zero-order valence-electron chi connectivity index (χ0n) is 11.6. The van der Waals surface area contributed by atoms with Gasteiger partial charge in [-0.3, -0.25) is 10.1 Å². The monoisotopic (exact) mass is 317 g/mol. The van der Waals surface area contributed by atoms with Crippen molar-refractivity contribution in [3.8, 4) is 17.7 Å². The molecule has 0 saturated carbocycles. The van der Waals surface area contributed by atoms with E-state index in [9.17, 15) is 19.3 Å². The van der Waals surface area contributed by atoms with Crippen molar-refractivity contribution < 1.29 is 23.6 Å². The molecule has 0 N–H and O–H groups in total. The summed E-state index contributed by atoms with van der Waals surface area (Å²) >= 11 is 0. The van der Waals surface area contributed by atoms with Gasteiger partial charge in [-0.15, -0.1) is 0 Å². The van der Waals surface area contributed by atoms with Crippen LogP contribution < -0.4 is 4.74 Å². The van der Waals surface area contributed by atoms with Crippen molar-refractivity contribution in [3.63, 3.8) is 0 Å². The van der Waals surface area contributed by atoms with Crippen molar-refractivity contribution >= 4 is 11.7 Å². The molecule has 0 aliphatic heterocycles. The minimum atomic E-state index is -0.834. The Bertz CT molecular complexity index is 832. The van der Waals surface area contributed by atoms with Crippen molar-refractivity contribution in [2.45, 2.75) is 0 Å². The number of hydrogen-bond acceptors (Lipinski definition) is 7. The van der Waals surface area contributed by atoms with E-state index in [2.05, 4.69) is 9.72 Å². The van der Waals surface area contributed by atoms with E-state index in [0.717, 1.165) is 25.4 Å². The molecule has 1 heterocycles. The molecule has 116 valence electrons. The summed E-state index contributed by atoms with van der Waals surface area (Å²) in [4.78, 5) is 25.3. The highest BCUT2D eigenvalue weighted by Gasteiger charge is 2.21. The molecule has 9 heteroatoms. The van der Waals surface area contributed by atoms with E-state index in [1.165, 1.54) is 12.1 Å². The molecule has 0 radical (unpaired) electrons. The fraction of sp³-hybridized carbons (Fsp3) is 0.0714. The molecule has 0 bridgehead atoms. The number of esters is 1. The third-order valence-corrected chi connectivity index (χ3v) is 2.73. The summed E-state index contributed by atoms with van der Waals surface area (Å²) in [6.45, 7) is 0. The van der Waals surface area contributed by atoms with Gasteiger partial charge in [0, 0.05) is 18.3 Å². The highest BCUT2D eigenvalue weighted by atomic mass is 19.1. The van der Waals surface area contributed by atoms with E-state index in [1.54, 1.807) is 6.07 Å². The number of carbonyl (C=O) groups excluding carboxylic acids is 1. The van der Waals surface area contributed by atoms with E-state index in [-0.39, 0.29) is 16.9 Å². The Hall–Kier alpha value is -3.54. The number of halogens is 1. The first-order valence-electron chi connectivity index (χ1n) is 6.06. The number of nitro groups is 1. The largest absolute Gasteiger partial charge is 0.465 e. The molecule has 2 rings (SSSR count). The predicted octanol–water partition coefficient (Wildman–Crippen LogP) is 2.58. The fourth-order valence-corrected chi connectivity index (χ4v) is 1.64. The highest BCUT2D eigenvalue weighted by molar-refractivity contribution is 5.89. The van der Waals surface area contributed by atoms with Crippen LogP contribution in [0.2, 0.25) is 0 Å². The van der Waals surface area contributed by atoms with Gasteiger partial charge in [-0.25, -0.2) is 14.2 Å². The maximum Gasteiger partial charge on any atom is 0.339 e. The predicted molar refractivity (Wildman–Crippen MR) is 73.4 cm³/mol. The summed E-state index contributed by atoms with van der Waals surface area (Å²) < 4.78 is 23.1. The smallest absolute Gasteiger partial charge is 0.339 e. The van der Waals surface area contributed by atoms with Crippen LogP contribution in [0.25, 0.3) is 0 Å². The van der Waals surface area contributed by atoms with Crippen LogP contribution in [0.5, 0.6) is 11.6 Å². The summed E-state index contributed by atoms with van der Waals surface area (Å²) in [7, 11) is 1.12. The number of carbonyl (C=O) groups is 1. The number of methoxy groups -OCH3 is 1. The van der Waals surface area contributed by atoms with Crippen molar-refractivity contribution in [1.82, 2.24) is 4.98 Å². The average Bonchev–Trinajstić information content (AvgIpc) is 2.54. The van der Waals surface area contributed by atoms with E-state index in [1.807, 2.05) is 0 Å². The summed E-state index contributed by atoms with van der Waals surface area (Å²) in [5.74, 6) is -2.13. The summed E-state index contributed by atoms with van der Waals surface area (Å²) in [6.07, 6.45) is 1.04. The number of hydrogen-bond donors (Lipinski definition) is 0. The van der Waals surface area contributed by atoms with Crippen LogP contribution in [0.4, 0.5) is 10.1 Å². The summed E-state index contributed by atoms with van der Waals surface area (Å²) in [6, 6.07) is 5.91. The Balaban J connectivity index is 2.40. The van der Waals surface area contributed by atoms with Gasteiger partial charge >= 0.3 is 11.7 Å². The van der Waals surface area contributed by atoms with Gasteiger partial charge in [0.15, 0.2) is 0 Å². The van der Waals surface area contributed by atoms with Crippen LogP contribution in [-0.4, -0.2) is 23.0 Å². The van der Waals surface area contributed by atoms with E-state index in [4.69, 9.17) is 10.00 Å². The number of ether oxygens (including phenoxy) is 2. The van der Waals surface area contributed by atoms with Gasteiger partial charge < -0.3 is 9.47 Å². The molecule has 2 aromatic rings. The molecule has 0 spiro atoms. The molecule has 0 aliphatic rings. The second-order valence-corrected chi connectivity index (χ2v) is 4.15. The van der Waals surface area contributed by atoms with E-state index in [0.29, 0.717) is 0 Å². The Morgan fingerprint density at radius 2 is 2.17 bits per heavy atom. The van der Waals surface area contributed by atoms with Crippen LogP contribution in [-0.2, 0) is 4.74 Å². The first-order valence-corrected chi connectivity index (χ1v) is 6.06. The topological polar surface area (TPSA) is 115 Å². The Morgan fingerprint density at radius 1 is 1.43 bits per heavy atom. The molecule has 0 fully saturated rings. The number of nitriles is 1. The normalized spacial score (nSPS) is 9.78. The summed E-state index contributed by atoms with van der Waals surface area (Å²) in [5, 5.41) is 19.7. The van der Waals surface area contributed by atoms with Crippen LogP contribution in [0.1, 0.15) is 15.9 Å². The van der Waals surface area contributed by atoms with E-state index >= 15 is 0 Å². The van der Waals surface area contributed by atoms with Gasteiger partial charge in [0.2, 0.25) is 0 Å². The van der Waals surface area contributed by atoms with Crippen LogP contribution in [0.3, 0.4) is 0 Å². The average molecular weight is 317 g/mol. The fourth-order valence-electron chi connectivity index (χ4n) is 1.64. The zero-order chi connectivity index (χ0) is 17.0. The first kappa shape index (κ1) is 15.8. The van der Waals surface area contributed by atoms with Gasteiger partial charge in [-0.1, -0.05) is 0 Å². The quantitative estimate of drug-likeness (QED) is 0.483. The molecule has 0 aliphatic carbocycles. The first-order chi connectivity index (χ1) is 11.0. The lowest BCUT2D eigenvalue weighted by Gasteiger charge is -2.06. The molecule has 0 saturated heterocycles. The number of aromatic nitrogens is 1. The van der Waals surface area contributed by atoms with Crippen LogP contribution >= 0.6 is 0 Å². The zero-order valence-corrected chi connectivity index (χ0v) is 11.6. The molecule has 0 amide bonds. The molecule has 8 nitrogen and oxygen atoms in total. The highest BCUT2D eigenvalue weighted by Crippen LogP contribution is 2.30. The minimum Gasteiger partial charge on any atom is -0.465 e. The third kappa shape index (κ3) is 3.38. The van der Waals surface area contributed by atoms with Gasteiger partial charge in [-0.05, 0) is 12.1 Å². The number of nitrogens with zero attached hydrogens (tertiary/aromatic N) is 3. The number of benzene rings is 1. The van der Waals surface area contributed by atoms with E-state index < -0.39 is 28.3 Å². The number of pyridine rings is 1. The van der Waals surface area contributed by atoms with Crippen LogP contribution in [0.15, 0.2) is 30.5 Å². The van der Waals surface area contributed by atoms with Gasteiger partial charge in [0.05, 0.1) is 23.2 Å². The maximum absolute atomic E-state index is 13.5. The lowest BCUT2D eigenvalue weighted by Crippen LogP contribution is -2.04. The Kier molecular flexibility index (Phi) is 4.47. The third-order valence-electron chi connectivity index (χ3n) is 2.73. The lowest BCUT2D eigenvalue weighted by molar-refractivity contribution is -0.386. The van der Waals surface area contributed by atoms with Crippen molar-refractivity contribution in [2.75, 3.05) is 7.11 Å². The second-order valence-electron chi connectivity index (χ2n) is 4.15. The minimum absolute atomic E-state index is 0.0806. The molecule has 1 aromatic heterocycles. The Labute approximate surface area is 128 Å². The van der Waals surface area contributed by atoms with Gasteiger partial charge in [-0.2, -0.15) is 5.26 Å². The van der Waals surface area contributed by atoms with Gasteiger partial charge in [0.1, 0.15) is 17.6 Å². The molecule has 23 heavy (non-hydrogen) atoms. The molecule has 0 atom stereocenters. The van der Waals surface area contributed by atoms with Crippen molar-refractivity contribution in [1.29, 1.82) is 5.26 Å². The maximum atomic E-state index is 13.5. The standard InChI is InChI=1S/C14H8FN3O5/c1-22-14(19)9-4-12(18(20)21)13(17-7-9)23-10-3-2-8(6-16)11(15)5-10/h2-5,7H,1H3. The molecular formula is C14H8FN3O5. The lowest BCUT2D eigenvalue weighted by atomic mass is 10.2. The van der Waals surface area contributed by atoms with Crippen molar-refractivity contribution in [3.05, 3.63) is 57.5 Å². The van der Waals surface area contributed by atoms with Crippen molar-refractivity contribution in [2.24, 2.45) is 0 Å². The SMILES string of the molecule is COC(=O)c1cnc(Oc2ccc(C#N)c(F)c2)c([N+](=O)[O-])c1. The second kappa shape index (κ2) is 6.48. The Morgan fingerprint density at radius 3 is 2.74 bits per heavy atom. The van der Waals surface area contributed by atoms with Gasteiger partial charge in [0.25, 0.3) is 5.88 Å². The molecule has 1 aromatic carbocycles. The van der Waals surface area contributed by atoms with Crippen LogP contribution in [0, 0.1) is 27.3 Å². The number of rotatable bonds is 4. The summed E-state index contributed by atoms with van der Waals surface area (Å²) in [5.41, 5.74) is -0.906. The molecule has 0 unspecified atom stereocenters.